The molecule has 0 aliphatic rings. The highest BCUT2D eigenvalue weighted by Crippen LogP contribution is 2.15. The van der Waals surface area contributed by atoms with Crippen LogP contribution in [0, 0.1) is 6.92 Å². The molecule has 1 N–H and O–H groups in total. The Morgan fingerprint density at radius 3 is 2.89 bits per heavy atom. The SMILES string of the molecule is Cc1ccccc1OCCNCCn1cccn1. The molecule has 4 nitrogen and oxygen atoms in total. The van der Waals surface area contributed by atoms with Gasteiger partial charge in [-0.15, -0.1) is 0 Å². The minimum absolute atomic E-state index is 0.684. The van der Waals surface area contributed by atoms with E-state index in [1.165, 1.54) is 5.56 Å². The van der Waals surface area contributed by atoms with Crippen molar-refractivity contribution in [3.63, 3.8) is 0 Å². The molecule has 0 bridgehead atoms. The number of aromatic nitrogens is 2. The van der Waals surface area contributed by atoms with Crippen molar-refractivity contribution in [2.24, 2.45) is 0 Å². The summed E-state index contributed by atoms with van der Waals surface area (Å²) in [5.74, 6) is 0.964. The summed E-state index contributed by atoms with van der Waals surface area (Å²) in [5, 5.41) is 7.47. The first-order valence-corrected chi connectivity index (χ1v) is 6.23. The monoisotopic (exact) mass is 245 g/mol. The molecule has 1 aromatic heterocycles. The van der Waals surface area contributed by atoms with Gasteiger partial charge in [0.25, 0.3) is 0 Å². The highest BCUT2D eigenvalue weighted by molar-refractivity contribution is 5.31. The maximum absolute atomic E-state index is 5.69. The quantitative estimate of drug-likeness (QED) is 0.757. The van der Waals surface area contributed by atoms with Crippen molar-refractivity contribution in [1.29, 1.82) is 0 Å². The zero-order valence-electron chi connectivity index (χ0n) is 10.7. The zero-order chi connectivity index (χ0) is 12.6. The molecule has 96 valence electrons. The van der Waals surface area contributed by atoms with Crippen LogP contribution in [-0.2, 0) is 6.54 Å². The lowest BCUT2D eigenvalue weighted by atomic mass is 10.2. The van der Waals surface area contributed by atoms with Crippen molar-refractivity contribution in [3.05, 3.63) is 48.3 Å². The lowest BCUT2D eigenvalue weighted by molar-refractivity contribution is 0.310. The average molecular weight is 245 g/mol. The van der Waals surface area contributed by atoms with Crippen molar-refractivity contribution in [1.82, 2.24) is 15.1 Å². The van der Waals surface area contributed by atoms with Crippen LogP contribution in [0.3, 0.4) is 0 Å². The Morgan fingerprint density at radius 2 is 2.11 bits per heavy atom. The van der Waals surface area contributed by atoms with Gasteiger partial charge in [-0.05, 0) is 24.6 Å². The minimum Gasteiger partial charge on any atom is -0.492 e. The van der Waals surface area contributed by atoms with Gasteiger partial charge >= 0.3 is 0 Å². The van der Waals surface area contributed by atoms with Crippen LogP contribution in [0.1, 0.15) is 5.56 Å². The molecule has 0 fully saturated rings. The molecule has 0 unspecified atom stereocenters. The van der Waals surface area contributed by atoms with E-state index in [4.69, 9.17) is 4.74 Å². The molecule has 1 heterocycles. The second-order valence-corrected chi connectivity index (χ2v) is 4.13. The molecule has 2 rings (SSSR count). The molecule has 4 heteroatoms. The van der Waals surface area contributed by atoms with Crippen LogP contribution in [0.2, 0.25) is 0 Å². The number of ether oxygens (including phenoxy) is 1. The average Bonchev–Trinajstić information content (AvgIpc) is 2.89. The molecule has 0 aliphatic carbocycles. The number of aryl methyl sites for hydroxylation is 1. The number of benzene rings is 1. The maximum atomic E-state index is 5.69. The largest absolute Gasteiger partial charge is 0.492 e. The summed E-state index contributed by atoms with van der Waals surface area (Å²) in [7, 11) is 0. The summed E-state index contributed by atoms with van der Waals surface area (Å²) in [5.41, 5.74) is 1.18. The smallest absolute Gasteiger partial charge is 0.122 e. The van der Waals surface area contributed by atoms with Crippen LogP contribution < -0.4 is 10.1 Å². The first-order chi connectivity index (χ1) is 8.86. The Balaban J connectivity index is 1.58. The van der Waals surface area contributed by atoms with Crippen molar-refractivity contribution in [3.8, 4) is 5.75 Å². The van der Waals surface area contributed by atoms with Gasteiger partial charge in [0.15, 0.2) is 0 Å². The second-order valence-electron chi connectivity index (χ2n) is 4.13. The van der Waals surface area contributed by atoms with E-state index in [2.05, 4.69) is 23.4 Å². The summed E-state index contributed by atoms with van der Waals surface area (Å²) in [6.45, 7) is 5.37. The fraction of sp³-hybridized carbons (Fsp3) is 0.357. The molecule has 18 heavy (non-hydrogen) atoms. The van der Waals surface area contributed by atoms with E-state index in [9.17, 15) is 0 Å². The highest BCUT2D eigenvalue weighted by Gasteiger charge is 1.96. The number of rotatable bonds is 7. The van der Waals surface area contributed by atoms with Crippen LogP contribution in [0.5, 0.6) is 5.75 Å². The first kappa shape index (κ1) is 12.6. The molecule has 0 saturated heterocycles. The van der Waals surface area contributed by atoms with E-state index in [1.807, 2.05) is 35.1 Å². The lowest BCUT2D eigenvalue weighted by Gasteiger charge is -2.09. The third-order valence-corrected chi connectivity index (χ3v) is 2.71. The predicted octanol–water partition coefficient (Wildman–Crippen LogP) is 1.86. The number of para-hydroxylation sites is 1. The van der Waals surface area contributed by atoms with Crippen LogP contribution in [0.4, 0.5) is 0 Å². The van der Waals surface area contributed by atoms with Crippen molar-refractivity contribution in [2.75, 3.05) is 19.7 Å². The summed E-state index contributed by atoms with van der Waals surface area (Å²) in [4.78, 5) is 0. The standard InChI is InChI=1S/C14H19N3O/c1-13-5-2-3-6-14(13)18-12-9-15-8-11-17-10-4-7-16-17/h2-7,10,15H,8-9,11-12H2,1H3. The number of hydrogen-bond donors (Lipinski definition) is 1. The van der Waals surface area contributed by atoms with Crippen LogP contribution in [0.15, 0.2) is 42.7 Å². The third-order valence-electron chi connectivity index (χ3n) is 2.71. The molecular weight excluding hydrogens is 226 g/mol. The van der Waals surface area contributed by atoms with Gasteiger partial charge in [0.2, 0.25) is 0 Å². The van der Waals surface area contributed by atoms with Crippen LogP contribution in [-0.4, -0.2) is 29.5 Å². The molecule has 0 amide bonds. The van der Waals surface area contributed by atoms with E-state index in [0.717, 1.165) is 25.4 Å². The second kappa shape index (κ2) is 6.81. The van der Waals surface area contributed by atoms with Gasteiger partial charge < -0.3 is 10.1 Å². The molecule has 0 radical (unpaired) electrons. The summed E-state index contributed by atoms with van der Waals surface area (Å²) >= 11 is 0. The molecular formula is C14H19N3O. The highest BCUT2D eigenvalue weighted by atomic mass is 16.5. The van der Waals surface area contributed by atoms with Gasteiger partial charge in [-0.1, -0.05) is 18.2 Å². The van der Waals surface area contributed by atoms with Crippen molar-refractivity contribution >= 4 is 0 Å². The summed E-state index contributed by atoms with van der Waals surface area (Å²) in [6.07, 6.45) is 3.76. The van der Waals surface area contributed by atoms with Crippen LogP contribution in [0.25, 0.3) is 0 Å². The molecule has 0 saturated carbocycles. The van der Waals surface area contributed by atoms with E-state index >= 15 is 0 Å². The number of nitrogens with one attached hydrogen (secondary N) is 1. The van der Waals surface area contributed by atoms with Gasteiger partial charge in [-0.2, -0.15) is 5.10 Å². The Kier molecular flexibility index (Phi) is 4.78. The Morgan fingerprint density at radius 1 is 1.22 bits per heavy atom. The summed E-state index contributed by atoms with van der Waals surface area (Å²) < 4.78 is 7.60. The third kappa shape index (κ3) is 3.89. The van der Waals surface area contributed by atoms with E-state index in [0.29, 0.717) is 6.61 Å². The Bertz CT molecular complexity index is 454. The lowest BCUT2D eigenvalue weighted by Crippen LogP contribution is -2.25. The zero-order valence-corrected chi connectivity index (χ0v) is 10.7. The predicted molar refractivity (Wildman–Crippen MR) is 71.8 cm³/mol. The first-order valence-electron chi connectivity index (χ1n) is 6.23. The van der Waals surface area contributed by atoms with Gasteiger partial charge in [-0.25, -0.2) is 0 Å². The molecule has 0 atom stereocenters. The number of hydrogen-bond acceptors (Lipinski definition) is 3. The minimum atomic E-state index is 0.684. The van der Waals surface area contributed by atoms with Gasteiger partial charge in [0.1, 0.15) is 12.4 Å². The Hall–Kier alpha value is -1.81. The Labute approximate surface area is 108 Å². The van der Waals surface area contributed by atoms with Gasteiger partial charge in [-0.3, -0.25) is 4.68 Å². The van der Waals surface area contributed by atoms with E-state index < -0.39 is 0 Å². The van der Waals surface area contributed by atoms with E-state index in [-0.39, 0.29) is 0 Å². The van der Waals surface area contributed by atoms with Crippen molar-refractivity contribution in [2.45, 2.75) is 13.5 Å². The van der Waals surface area contributed by atoms with Gasteiger partial charge in [0, 0.05) is 25.5 Å². The molecule has 0 spiro atoms. The van der Waals surface area contributed by atoms with Crippen molar-refractivity contribution < 1.29 is 4.74 Å². The number of nitrogens with zero attached hydrogens (tertiary/aromatic N) is 2. The fourth-order valence-corrected chi connectivity index (χ4v) is 1.70. The molecule has 2 aromatic rings. The van der Waals surface area contributed by atoms with Crippen LogP contribution >= 0.6 is 0 Å². The molecule has 1 aromatic carbocycles. The maximum Gasteiger partial charge on any atom is 0.122 e. The van der Waals surface area contributed by atoms with E-state index in [1.54, 1.807) is 6.20 Å². The van der Waals surface area contributed by atoms with Gasteiger partial charge in [0.05, 0.1) is 6.54 Å². The summed E-state index contributed by atoms with van der Waals surface area (Å²) in [6, 6.07) is 10.00. The fourth-order valence-electron chi connectivity index (χ4n) is 1.70. The normalized spacial score (nSPS) is 10.5. The molecule has 0 aliphatic heterocycles. The topological polar surface area (TPSA) is 39.1 Å².